The molecule has 0 fully saturated rings. The number of benzene rings is 1. The van der Waals surface area contributed by atoms with E-state index in [-0.39, 0.29) is 15.5 Å². The van der Waals surface area contributed by atoms with Crippen LogP contribution in [0.25, 0.3) is 0 Å². The summed E-state index contributed by atoms with van der Waals surface area (Å²) in [6.07, 6.45) is 0. The third-order valence-corrected chi connectivity index (χ3v) is 3.93. The van der Waals surface area contributed by atoms with Crippen LogP contribution in [0.5, 0.6) is 0 Å². The first kappa shape index (κ1) is 14.4. The van der Waals surface area contributed by atoms with Crippen LogP contribution in [0.3, 0.4) is 0 Å². The lowest BCUT2D eigenvalue weighted by molar-refractivity contribution is -0.119. The number of amides is 1. The van der Waals surface area contributed by atoms with E-state index in [2.05, 4.69) is 10.0 Å². The van der Waals surface area contributed by atoms with Crippen LogP contribution in [0.2, 0.25) is 5.02 Å². The molecule has 0 heterocycles. The van der Waals surface area contributed by atoms with Crippen molar-refractivity contribution in [1.82, 2.24) is 10.0 Å². The molecule has 1 aromatic carbocycles. The minimum absolute atomic E-state index is 0.0154. The van der Waals surface area contributed by atoms with Crippen LogP contribution >= 0.6 is 11.6 Å². The van der Waals surface area contributed by atoms with Gasteiger partial charge in [-0.3, -0.25) is 4.79 Å². The zero-order valence-corrected chi connectivity index (χ0v) is 11.0. The first-order chi connectivity index (χ1) is 8.40. The van der Waals surface area contributed by atoms with Crippen LogP contribution in [0.1, 0.15) is 5.56 Å². The van der Waals surface area contributed by atoms with Gasteiger partial charge in [0.1, 0.15) is 4.90 Å². The predicted octanol–water partition coefficient (Wildman–Crippen LogP) is 0.236. The molecular formula is C10H10ClN3O3S. The topological polar surface area (TPSA) is 99.1 Å². The van der Waals surface area contributed by atoms with Crippen molar-refractivity contribution in [1.29, 1.82) is 5.26 Å². The largest absolute Gasteiger partial charge is 0.358 e. The fourth-order valence-electron chi connectivity index (χ4n) is 1.11. The number of carbonyl (C=O) groups excluding carboxylic acids is 1. The van der Waals surface area contributed by atoms with Gasteiger partial charge in [0.05, 0.1) is 23.2 Å². The lowest BCUT2D eigenvalue weighted by atomic mass is 10.2. The van der Waals surface area contributed by atoms with Gasteiger partial charge < -0.3 is 5.32 Å². The van der Waals surface area contributed by atoms with Crippen molar-refractivity contribution in [3.8, 4) is 6.07 Å². The molecule has 0 aliphatic carbocycles. The monoisotopic (exact) mass is 287 g/mol. The van der Waals surface area contributed by atoms with Crippen molar-refractivity contribution in [2.24, 2.45) is 0 Å². The van der Waals surface area contributed by atoms with E-state index in [1.165, 1.54) is 19.2 Å². The number of nitrogens with one attached hydrogen (secondary N) is 2. The van der Waals surface area contributed by atoms with E-state index in [0.717, 1.165) is 6.07 Å². The molecule has 18 heavy (non-hydrogen) atoms. The Hall–Kier alpha value is -1.62. The van der Waals surface area contributed by atoms with E-state index in [1.807, 2.05) is 6.07 Å². The van der Waals surface area contributed by atoms with E-state index in [1.54, 1.807) is 0 Å². The molecule has 0 radical (unpaired) electrons. The number of hydrogen-bond acceptors (Lipinski definition) is 4. The molecule has 0 unspecified atom stereocenters. The molecule has 0 saturated carbocycles. The normalized spacial score (nSPS) is 10.7. The average molecular weight is 288 g/mol. The highest BCUT2D eigenvalue weighted by molar-refractivity contribution is 7.89. The van der Waals surface area contributed by atoms with E-state index in [4.69, 9.17) is 16.9 Å². The molecule has 0 saturated heterocycles. The van der Waals surface area contributed by atoms with Gasteiger partial charge in [-0.05, 0) is 18.2 Å². The van der Waals surface area contributed by atoms with Crippen LogP contribution in [0.15, 0.2) is 23.1 Å². The van der Waals surface area contributed by atoms with E-state index < -0.39 is 22.5 Å². The minimum Gasteiger partial charge on any atom is -0.358 e. The predicted molar refractivity (Wildman–Crippen MR) is 65.4 cm³/mol. The van der Waals surface area contributed by atoms with Gasteiger partial charge in [0.25, 0.3) is 0 Å². The maximum atomic E-state index is 11.9. The molecule has 96 valence electrons. The quantitative estimate of drug-likeness (QED) is 0.828. The third-order valence-electron chi connectivity index (χ3n) is 2.05. The summed E-state index contributed by atoms with van der Waals surface area (Å²) in [5.41, 5.74) is 0.166. The molecule has 0 aliphatic heterocycles. The first-order valence-corrected chi connectivity index (χ1v) is 6.66. The maximum Gasteiger partial charge on any atom is 0.242 e. The molecular weight excluding hydrogens is 278 g/mol. The smallest absolute Gasteiger partial charge is 0.242 e. The second kappa shape index (κ2) is 5.82. The number of nitrogens with zero attached hydrogens (tertiary/aromatic N) is 1. The van der Waals surface area contributed by atoms with Crippen molar-refractivity contribution < 1.29 is 13.2 Å². The van der Waals surface area contributed by atoms with E-state index in [9.17, 15) is 13.2 Å². The van der Waals surface area contributed by atoms with Crippen LogP contribution in [0.4, 0.5) is 0 Å². The number of halogens is 1. The summed E-state index contributed by atoms with van der Waals surface area (Å²) in [7, 11) is -2.53. The molecule has 1 rings (SSSR count). The molecule has 1 amide bonds. The lowest BCUT2D eigenvalue weighted by Crippen LogP contribution is -2.35. The Balaban J connectivity index is 3.05. The molecule has 1 aromatic rings. The average Bonchev–Trinajstić information content (AvgIpc) is 2.36. The summed E-state index contributed by atoms with van der Waals surface area (Å²) >= 11 is 5.76. The highest BCUT2D eigenvalue weighted by Crippen LogP contribution is 2.22. The van der Waals surface area contributed by atoms with Gasteiger partial charge in [0.2, 0.25) is 15.9 Å². The van der Waals surface area contributed by atoms with Gasteiger partial charge >= 0.3 is 0 Å². The van der Waals surface area contributed by atoms with Gasteiger partial charge in [0.15, 0.2) is 0 Å². The Morgan fingerprint density at radius 3 is 2.72 bits per heavy atom. The Bertz CT molecular complexity index is 607. The molecule has 0 bridgehead atoms. The zero-order valence-electron chi connectivity index (χ0n) is 9.40. The van der Waals surface area contributed by atoms with Crippen LogP contribution in [0, 0.1) is 11.3 Å². The lowest BCUT2D eigenvalue weighted by Gasteiger charge is -2.07. The number of likely N-dealkylation sites (N-methyl/N-ethyl adjacent to an activating group) is 1. The fourth-order valence-corrected chi connectivity index (χ4v) is 2.61. The van der Waals surface area contributed by atoms with Crippen molar-refractivity contribution in [2.45, 2.75) is 4.90 Å². The van der Waals surface area contributed by atoms with Crippen LogP contribution < -0.4 is 10.0 Å². The Kier molecular flexibility index (Phi) is 4.67. The molecule has 6 nitrogen and oxygen atoms in total. The Morgan fingerprint density at radius 2 is 2.17 bits per heavy atom. The van der Waals surface area contributed by atoms with Crippen molar-refractivity contribution in [2.75, 3.05) is 13.6 Å². The summed E-state index contributed by atoms with van der Waals surface area (Å²) in [6, 6.07) is 5.68. The van der Waals surface area contributed by atoms with Crippen molar-refractivity contribution in [3.05, 3.63) is 28.8 Å². The molecule has 0 aromatic heterocycles. The SMILES string of the molecule is CNC(=O)CNS(=O)(=O)c1cc(C#N)ccc1Cl. The van der Waals surface area contributed by atoms with Crippen molar-refractivity contribution in [3.63, 3.8) is 0 Å². The highest BCUT2D eigenvalue weighted by atomic mass is 35.5. The molecule has 0 spiro atoms. The van der Waals surface area contributed by atoms with Gasteiger partial charge in [-0.1, -0.05) is 11.6 Å². The number of sulfonamides is 1. The summed E-state index contributed by atoms with van der Waals surface area (Å²) in [4.78, 5) is 10.7. The van der Waals surface area contributed by atoms with Gasteiger partial charge in [0, 0.05) is 7.05 Å². The highest BCUT2D eigenvalue weighted by Gasteiger charge is 2.19. The number of carbonyl (C=O) groups is 1. The molecule has 0 atom stereocenters. The summed E-state index contributed by atoms with van der Waals surface area (Å²) in [5.74, 6) is -0.480. The number of rotatable bonds is 4. The molecule has 0 aliphatic rings. The molecule has 8 heteroatoms. The minimum atomic E-state index is -3.92. The second-order valence-corrected chi connectivity index (χ2v) is 5.40. The van der Waals surface area contributed by atoms with E-state index in [0.29, 0.717) is 0 Å². The summed E-state index contributed by atoms with van der Waals surface area (Å²) in [6.45, 7) is -0.397. The standard InChI is InChI=1S/C10H10ClN3O3S/c1-13-10(15)6-14-18(16,17)9-4-7(5-12)2-3-8(9)11/h2-4,14H,6H2,1H3,(H,13,15). The Labute approximate surface area is 110 Å². The van der Waals surface area contributed by atoms with Crippen LogP contribution in [-0.2, 0) is 14.8 Å². The fraction of sp³-hybridized carbons (Fsp3) is 0.200. The maximum absolute atomic E-state index is 11.9. The Morgan fingerprint density at radius 1 is 1.50 bits per heavy atom. The first-order valence-electron chi connectivity index (χ1n) is 4.80. The summed E-state index contributed by atoms with van der Waals surface area (Å²) in [5, 5.41) is 11.0. The number of nitriles is 1. The van der Waals surface area contributed by atoms with Crippen molar-refractivity contribution >= 4 is 27.5 Å². The number of hydrogen-bond donors (Lipinski definition) is 2. The second-order valence-electron chi connectivity index (χ2n) is 3.25. The third kappa shape index (κ3) is 3.43. The van der Waals surface area contributed by atoms with Gasteiger partial charge in [-0.2, -0.15) is 5.26 Å². The van der Waals surface area contributed by atoms with Gasteiger partial charge in [-0.15, -0.1) is 0 Å². The van der Waals surface area contributed by atoms with Crippen LogP contribution in [-0.4, -0.2) is 27.9 Å². The molecule has 2 N–H and O–H groups in total. The van der Waals surface area contributed by atoms with Gasteiger partial charge in [-0.25, -0.2) is 13.1 Å². The summed E-state index contributed by atoms with van der Waals surface area (Å²) < 4.78 is 25.8. The zero-order chi connectivity index (χ0) is 13.8. The van der Waals surface area contributed by atoms with E-state index >= 15 is 0 Å².